The van der Waals surface area contributed by atoms with Crippen molar-refractivity contribution >= 4 is 58.5 Å². The smallest absolute Gasteiger partial charge is 0.434 e. The van der Waals surface area contributed by atoms with Crippen LogP contribution in [0.3, 0.4) is 0 Å². The third-order valence-electron chi connectivity index (χ3n) is 5.20. The topological polar surface area (TPSA) is 167 Å². The highest BCUT2D eigenvalue weighted by molar-refractivity contribution is 6.65. The predicted octanol–water partition coefficient (Wildman–Crippen LogP) is 2.96. The number of Topliss-reactive ketones (excluding diaryl/α,β-unsaturated/α-hetero) is 2. The van der Waals surface area contributed by atoms with Crippen LogP contribution in [0.1, 0.15) is 39.0 Å². The number of aromatic amines is 1. The molecule has 0 fully saturated rings. The number of ketones is 2. The highest BCUT2D eigenvalue weighted by Crippen LogP contribution is 2.37. The molecule has 1 aliphatic carbocycles. The largest absolute Gasteiger partial charge is 0.465 e. The molecule has 3 rings (SSSR count). The van der Waals surface area contributed by atoms with Crippen LogP contribution in [0.2, 0.25) is 0 Å². The summed E-state index contributed by atoms with van der Waals surface area (Å²) in [6.07, 6.45) is -0.406. The van der Waals surface area contributed by atoms with Gasteiger partial charge >= 0.3 is 24.0 Å². The molecule has 0 unspecified atom stereocenters. The molecule has 13 heteroatoms. The quantitative estimate of drug-likeness (QED) is 0.168. The second-order valence-corrected chi connectivity index (χ2v) is 8.00. The van der Waals surface area contributed by atoms with E-state index in [0.29, 0.717) is 5.56 Å². The van der Waals surface area contributed by atoms with E-state index in [4.69, 9.17) is 25.8 Å². The summed E-state index contributed by atoms with van der Waals surface area (Å²) in [5.74, 6) is -5.37. The average Bonchev–Trinajstić information content (AvgIpc) is 3.39. The maximum Gasteiger partial charge on any atom is 0.434 e. The molecule has 0 saturated heterocycles. The van der Waals surface area contributed by atoms with E-state index in [-0.39, 0.29) is 35.7 Å². The maximum atomic E-state index is 12.8. The van der Waals surface area contributed by atoms with Gasteiger partial charge in [0, 0.05) is 5.57 Å². The number of allylic oxidation sites excluding steroid dienone is 1. The van der Waals surface area contributed by atoms with Crippen LogP contribution in [-0.4, -0.2) is 67.1 Å². The van der Waals surface area contributed by atoms with Crippen LogP contribution in [-0.2, 0) is 39.9 Å². The number of aliphatic imine (C=N–C) groups is 1. The number of hydrogen-bond donors (Lipinski definition) is 1. The zero-order valence-electron chi connectivity index (χ0n) is 20.9. The number of ether oxygens (including phenoxy) is 4. The van der Waals surface area contributed by atoms with Gasteiger partial charge in [-0.2, -0.15) is 4.99 Å². The normalized spacial score (nSPS) is 13.5. The molecule has 0 bridgehead atoms. The van der Waals surface area contributed by atoms with Crippen LogP contribution in [0.5, 0.6) is 0 Å². The summed E-state index contributed by atoms with van der Waals surface area (Å²) >= 11 is 6.20. The van der Waals surface area contributed by atoms with Crippen molar-refractivity contribution in [2.24, 2.45) is 4.99 Å². The van der Waals surface area contributed by atoms with Gasteiger partial charge in [0.25, 0.3) is 0 Å². The summed E-state index contributed by atoms with van der Waals surface area (Å²) in [5.41, 5.74) is -1.69. The molecule has 1 N–H and O–H groups in total. The summed E-state index contributed by atoms with van der Waals surface area (Å²) in [7, 11) is 2.01. The van der Waals surface area contributed by atoms with Gasteiger partial charge in [0.1, 0.15) is 17.3 Å². The minimum Gasteiger partial charge on any atom is -0.465 e. The van der Waals surface area contributed by atoms with E-state index in [2.05, 4.69) is 14.7 Å². The van der Waals surface area contributed by atoms with E-state index in [9.17, 15) is 28.8 Å². The Morgan fingerprint density at radius 1 is 0.974 bits per heavy atom. The summed E-state index contributed by atoms with van der Waals surface area (Å²) < 4.78 is 19.4. The number of nitrogens with zero attached hydrogens (tertiary/aromatic N) is 1. The van der Waals surface area contributed by atoms with Crippen molar-refractivity contribution in [3.05, 3.63) is 75.6 Å². The first-order valence-corrected chi connectivity index (χ1v) is 11.6. The molecule has 1 aromatic carbocycles. The van der Waals surface area contributed by atoms with Gasteiger partial charge in [-0.1, -0.05) is 41.9 Å². The Morgan fingerprint density at radius 3 is 2.26 bits per heavy atom. The molecule has 0 aliphatic heterocycles. The van der Waals surface area contributed by atoms with Crippen molar-refractivity contribution in [1.82, 2.24) is 4.98 Å². The van der Waals surface area contributed by atoms with Crippen LogP contribution in [0.25, 0.3) is 5.57 Å². The first-order chi connectivity index (χ1) is 18.6. The molecule has 12 nitrogen and oxygen atoms in total. The van der Waals surface area contributed by atoms with Gasteiger partial charge < -0.3 is 23.9 Å². The third-order valence-corrected chi connectivity index (χ3v) is 5.56. The van der Waals surface area contributed by atoms with Gasteiger partial charge in [-0.3, -0.25) is 9.59 Å². The Bertz CT molecular complexity index is 1450. The molecule has 202 valence electrons. The number of benzene rings is 1. The number of nitrogens with one attached hydrogen (secondary N) is 1. The van der Waals surface area contributed by atoms with Crippen LogP contribution >= 0.6 is 11.6 Å². The lowest BCUT2D eigenvalue weighted by Gasteiger charge is -2.17. The number of hydrogen-bond acceptors (Lipinski definition) is 10. The predicted molar refractivity (Wildman–Crippen MR) is 135 cm³/mol. The fourth-order valence-electron chi connectivity index (χ4n) is 3.42. The molecule has 2 aromatic rings. The number of rotatable bonds is 8. The maximum absolute atomic E-state index is 12.8. The molecular weight excluding hydrogens is 536 g/mol. The lowest BCUT2D eigenvalue weighted by molar-refractivity contribution is -0.135. The summed E-state index contributed by atoms with van der Waals surface area (Å²) in [5, 5.41) is -0.711. The van der Waals surface area contributed by atoms with E-state index in [0.717, 1.165) is 26.4 Å². The number of H-pyrrole nitrogens is 1. The minimum atomic E-state index is -1.19. The fourth-order valence-corrected chi connectivity index (χ4v) is 3.70. The fraction of sp³-hybridized carbons (Fsp3) is 0.192. The first kappa shape index (κ1) is 28.7. The van der Waals surface area contributed by atoms with Crippen molar-refractivity contribution in [2.45, 2.75) is 13.5 Å². The molecular formula is C26H21ClN2O10. The first-order valence-electron chi connectivity index (χ1n) is 11.2. The van der Waals surface area contributed by atoms with Crippen LogP contribution in [0.4, 0.5) is 4.79 Å². The molecule has 0 spiro atoms. The summed E-state index contributed by atoms with van der Waals surface area (Å²) in [4.78, 5) is 81.4. The van der Waals surface area contributed by atoms with Crippen LogP contribution in [0, 0.1) is 0 Å². The van der Waals surface area contributed by atoms with E-state index < -0.39 is 51.9 Å². The second-order valence-electron chi connectivity index (χ2n) is 7.62. The second kappa shape index (κ2) is 12.6. The van der Waals surface area contributed by atoms with Gasteiger partial charge in [-0.15, -0.1) is 0 Å². The number of carbonyl (C=O) groups excluding carboxylic acids is 6. The number of fused-ring (bicyclic) bond motifs is 1. The minimum absolute atomic E-state index is 0.0193. The molecule has 1 aromatic heterocycles. The lowest BCUT2D eigenvalue weighted by atomic mass is 9.89. The number of methoxy groups -OCH3 is 2. The Hall–Kier alpha value is -4.84. The monoisotopic (exact) mass is 556 g/mol. The number of aromatic nitrogens is 1. The molecule has 1 aliphatic rings. The Morgan fingerprint density at radius 2 is 1.64 bits per heavy atom. The van der Waals surface area contributed by atoms with Gasteiger partial charge in [0.2, 0.25) is 11.6 Å². The molecule has 39 heavy (non-hydrogen) atoms. The Labute approximate surface area is 226 Å². The van der Waals surface area contributed by atoms with Gasteiger partial charge in [-0.05, 0) is 24.6 Å². The van der Waals surface area contributed by atoms with Crippen molar-refractivity contribution in [2.75, 3.05) is 20.8 Å². The Balaban J connectivity index is 2.13. The highest BCUT2D eigenvalue weighted by atomic mass is 35.5. The van der Waals surface area contributed by atoms with Crippen molar-refractivity contribution in [1.29, 1.82) is 0 Å². The SMILES string of the molecule is CCOC(=O)c1cc2c([nH]1)C(/C(=C/C(=N/C(=O)OCc1ccccc1)C(=O)OC)C(=O)OC)=C(Cl)C(=O)C2=O. The van der Waals surface area contributed by atoms with Crippen molar-refractivity contribution in [3.63, 3.8) is 0 Å². The van der Waals surface area contributed by atoms with E-state index in [1.54, 1.807) is 37.3 Å². The Kier molecular flexibility index (Phi) is 9.29. The molecule has 1 amide bonds. The average molecular weight is 557 g/mol. The standard InChI is InChI=1S/C26H21ClN2O10/c1-4-38-25(34)17-11-15-20(28-17)18(19(27)22(31)21(15)30)14(23(32)36-2)10-16(24(33)37-3)29-26(35)39-12-13-8-6-5-7-9-13/h5-11,28H,4,12H2,1-3H3/b14-10-,29-16-. The molecule has 0 atom stereocenters. The highest BCUT2D eigenvalue weighted by Gasteiger charge is 2.38. The number of esters is 3. The van der Waals surface area contributed by atoms with Crippen molar-refractivity contribution in [3.8, 4) is 0 Å². The zero-order chi connectivity index (χ0) is 28.7. The van der Waals surface area contributed by atoms with Crippen LogP contribution < -0.4 is 0 Å². The lowest BCUT2D eigenvalue weighted by Crippen LogP contribution is -2.24. The molecule has 0 radical (unpaired) electrons. The van der Waals surface area contributed by atoms with Gasteiger partial charge in [0.15, 0.2) is 5.71 Å². The number of halogens is 1. The third kappa shape index (κ3) is 6.36. The van der Waals surface area contributed by atoms with Crippen molar-refractivity contribution < 1.29 is 47.7 Å². The summed E-state index contributed by atoms with van der Waals surface area (Å²) in [6, 6.07) is 9.69. The van der Waals surface area contributed by atoms with E-state index in [1.807, 2.05) is 0 Å². The van der Waals surface area contributed by atoms with E-state index in [1.165, 1.54) is 0 Å². The van der Waals surface area contributed by atoms with Gasteiger partial charge in [-0.25, -0.2) is 19.2 Å². The van der Waals surface area contributed by atoms with Gasteiger partial charge in [0.05, 0.1) is 37.7 Å². The number of carbonyl (C=O) groups is 6. The van der Waals surface area contributed by atoms with Crippen LogP contribution in [0.15, 0.2) is 58.1 Å². The molecule has 0 saturated carbocycles. The molecule has 1 heterocycles. The number of amides is 1. The summed E-state index contributed by atoms with van der Waals surface area (Å²) in [6.45, 7) is 1.42. The zero-order valence-corrected chi connectivity index (χ0v) is 21.6. The van der Waals surface area contributed by atoms with E-state index >= 15 is 0 Å².